The molecule has 1 rings (SSSR count). The van der Waals surface area contributed by atoms with Crippen LogP contribution < -0.4 is 0 Å². The van der Waals surface area contributed by atoms with Gasteiger partial charge < -0.3 is 5.11 Å². The number of rotatable bonds is 1. The fraction of sp³-hybridized carbons (Fsp3) is 0.333. The molecule has 1 aromatic carbocycles. The Bertz CT molecular complexity index is 342. The van der Waals surface area contributed by atoms with Crippen molar-refractivity contribution in [2.24, 2.45) is 0 Å². The molecule has 0 saturated carbocycles. The minimum Gasteiger partial charge on any atom is -0.395 e. The summed E-state index contributed by atoms with van der Waals surface area (Å²) >= 11 is 0. The maximum Gasteiger partial charge on any atom is 0.0540 e. The van der Waals surface area contributed by atoms with Crippen LogP contribution in [0.5, 0.6) is 0 Å². The molecule has 0 heterocycles. The van der Waals surface area contributed by atoms with Gasteiger partial charge in [-0.2, -0.15) is 0 Å². The van der Waals surface area contributed by atoms with Gasteiger partial charge in [-0.15, -0.1) is 0 Å². The molecule has 0 atom stereocenters. The van der Waals surface area contributed by atoms with Gasteiger partial charge >= 0.3 is 0 Å². The Balaban J connectivity index is 2.89. The van der Waals surface area contributed by atoms with Crippen LogP contribution in [0.3, 0.4) is 0 Å². The first kappa shape index (κ1) is 9.83. The lowest BCUT2D eigenvalue weighted by atomic mass is 10.1. The summed E-state index contributed by atoms with van der Waals surface area (Å²) < 4.78 is 0. The van der Waals surface area contributed by atoms with E-state index in [1.165, 1.54) is 11.1 Å². The normalized spacial score (nSPS) is 9.15. The van der Waals surface area contributed by atoms with Gasteiger partial charge in [-0.3, -0.25) is 0 Å². The van der Waals surface area contributed by atoms with E-state index in [4.69, 9.17) is 5.11 Å². The topological polar surface area (TPSA) is 20.2 Å². The Hall–Kier alpha value is -1.26. The van der Waals surface area contributed by atoms with E-state index in [2.05, 4.69) is 37.0 Å². The highest BCUT2D eigenvalue weighted by Gasteiger charge is 1.93. The zero-order valence-corrected chi connectivity index (χ0v) is 8.09. The highest BCUT2D eigenvalue weighted by atomic mass is 16.2. The predicted molar refractivity (Wildman–Crippen MR) is 54.5 cm³/mol. The molecule has 0 aliphatic rings. The molecule has 0 bridgehead atoms. The van der Waals surface area contributed by atoms with Gasteiger partial charge in [0.25, 0.3) is 0 Å². The van der Waals surface area contributed by atoms with Crippen LogP contribution in [-0.2, 0) is 0 Å². The Labute approximate surface area is 79.4 Å². The Morgan fingerprint density at radius 1 is 1.31 bits per heavy atom. The monoisotopic (exact) mass is 174 g/mol. The number of aliphatic hydroxyl groups is 1. The molecule has 0 aliphatic heterocycles. The quantitative estimate of drug-likeness (QED) is 0.646. The Morgan fingerprint density at radius 3 is 2.77 bits per heavy atom. The third-order valence-electron chi connectivity index (χ3n) is 1.85. The van der Waals surface area contributed by atoms with Crippen molar-refractivity contribution in [2.75, 3.05) is 6.61 Å². The summed E-state index contributed by atoms with van der Waals surface area (Å²) in [5.74, 6) is 5.96. The second-order valence-corrected chi connectivity index (χ2v) is 3.09. The minimum absolute atomic E-state index is 0.137. The van der Waals surface area contributed by atoms with Gasteiger partial charge in [0.2, 0.25) is 0 Å². The van der Waals surface area contributed by atoms with E-state index in [0.717, 1.165) is 5.56 Å². The molecule has 0 radical (unpaired) electrons. The first-order valence-electron chi connectivity index (χ1n) is 4.41. The molecule has 0 saturated heterocycles. The summed E-state index contributed by atoms with van der Waals surface area (Å²) in [6.07, 6.45) is 0.549. The standard InChI is InChI=1S/C12H14O/c1-10-6-7-11(2)12(9-10)5-3-4-8-13/h6-7,9,13H,4,8H2,1-2H3. The molecule has 0 unspecified atom stereocenters. The molecule has 0 fully saturated rings. The van der Waals surface area contributed by atoms with E-state index in [9.17, 15) is 0 Å². The highest BCUT2D eigenvalue weighted by molar-refractivity contribution is 5.42. The zero-order chi connectivity index (χ0) is 9.68. The number of aliphatic hydroxyl groups excluding tert-OH is 1. The summed E-state index contributed by atoms with van der Waals surface area (Å²) in [4.78, 5) is 0. The highest BCUT2D eigenvalue weighted by Crippen LogP contribution is 2.08. The molecule has 1 heteroatoms. The lowest BCUT2D eigenvalue weighted by molar-refractivity contribution is 0.305. The Morgan fingerprint density at radius 2 is 2.08 bits per heavy atom. The lowest BCUT2D eigenvalue weighted by Crippen LogP contribution is -1.84. The summed E-state index contributed by atoms with van der Waals surface area (Å²) in [5, 5.41) is 8.57. The van der Waals surface area contributed by atoms with Crippen molar-refractivity contribution in [1.29, 1.82) is 0 Å². The lowest BCUT2D eigenvalue weighted by Gasteiger charge is -1.98. The molecular weight excluding hydrogens is 160 g/mol. The minimum atomic E-state index is 0.137. The molecule has 68 valence electrons. The molecule has 13 heavy (non-hydrogen) atoms. The average molecular weight is 174 g/mol. The molecule has 0 aliphatic carbocycles. The third kappa shape index (κ3) is 2.93. The molecule has 0 amide bonds. The van der Waals surface area contributed by atoms with Crippen LogP contribution in [0.4, 0.5) is 0 Å². The Kier molecular flexibility index (Phi) is 3.54. The van der Waals surface area contributed by atoms with E-state index >= 15 is 0 Å². The largest absolute Gasteiger partial charge is 0.395 e. The summed E-state index contributed by atoms with van der Waals surface area (Å²) in [5.41, 5.74) is 3.48. The first-order chi connectivity index (χ1) is 6.24. The zero-order valence-electron chi connectivity index (χ0n) is 8.09. The van der Waals surface area contributed by atoms with E-state index in [1.807, 2.05) is 6.92 Å². The smallest absolute Gasteiger partial charge is 0.0540 e. The average Bonchev–Trinajstić information content (AvgIpc) is 2.11. The molecule has 1 N–H and O–H groups in total. The van der Waals surface area contributed by atoms with Crippen molar-refractivity contribution in [3.63, 3.8) is 0 Å². The van der Waals surface area contributed by atoms with Crippen molar-refractivity contribution in [3.8, 4) is 11.8 Å². The number of hydrogen-bond acceptors (Lipinski definition) is 1. The molecule has 0 spiro atoms. The van der Waals surface area contributed by atoms with Crippen LogP contribution in [0.1, 0.15) is 23.1 Å². The number of benzene rings is 1. The number of hydrogen-bond donors (Lipinski definition) is 1. The van der Waals surface area contributed by atoms with Crippen molar-refractivity contribution in [1.82, 2.24) is 0 Å². The van der Waals surface area contributed by atoms with E-state index in [1.54, 1.807) is 0 Å². The van der Waals surface area contributed by atoms with Crippen LogP contribution in [-0.4, -0.2) is 11.7 Å². The van der Waals surface area contributed by atoms with E-state index in [-0.39, 0.29) is 6.61 Å². The van der Waals surface area contributed by atoms with Gasteiger partial charge in [-0.1, -0.05) is 24.0 Å². The predicted octanol–water partition coefficient (Wildman–Crippen LogP) is 2.04. The van der Waals surface area contributed by atoms with E-state index in [0.29, 0.717) is 6.42 Å². The number of aryl methyl sites for hydroxylation is 2. The SMILES string of the molecule is Cc1ccc(C)c(C#CCCO)c1. The fourth-order valence-corrected chi connectivity index (χ4v) is 1.08. The molecule has 0 aromatic heterocycles. The molecule has 1 aromatic rings. The van der Waals surface area contributed by atoms with Gasteiger partial charge in [-0.25, -0.2) is 0 Å². The van der Waals surface area contributed by atoms with Crippen molar-refractivity contribution >= 4 is 0 Å². The fourth-order valence-electron chi connectivity index (χ4n) is 1.08. The second kappa shape index (κ2) is 4.69. The summed E-state index contributed by atoms with van der Waals surface area (Å²) in [6, 6.07) is 6.21. The van der Waals surface area contributed by atoms with E-state index < -0.39 is 0 Å². The molecular formula is C12H14O. The van der Waals surface area contributed by atoms with Crippen LogP contribution in [0.15, 0.2) is 18.2 Å². The maximum atomic E-state index is 8.57. The maximum absolute atomic E-state index is 8.57. The van der Waals surface area contributed by atoms with Gasteiger partial charge in [0, 0.05) is 12.0 Å². The van der Waals surface area contributed by atoms with Gasteiger partial charge in [0.15, 0.2) is 0 Å². The molecule has 1 nitrogen and oxygen atoms in total. The first-order valence-corrected chi connectivity index (χ1v) is 4.41. The van der Waals surface area contributed by atoms with Crippen LogP contribution in [0.25, 0.3) is 0 Å². The van der Waals surface area contributed by atoms with Crippen LogP contribution in [0, 0.1) is 25.7 Å². The van der Waals surface area contributed by atoms with Crippen LogP contribution >= 0.6 is 0 Å². The van der Waals surface area contributed by atoms with Gasteiger partial charge in [-0.05, 0) is 31.0 Å². The van der Waals surface area contributed by atoms with Crippen molar-refractivity contribution in [2.45, 2.75) is 20.3 Å². The van der Waals surface area contributed by atoms with Crippen molar-refractivity contribution in [3.05, 3.63) is 34.9 Å². The van der Waals surface area contributed by atoms with Gasteiger partial charge in [0.1, 0.15) is 0 Å². The third-order valence-corrected chi connectivity index (χ3v) is 1.85. The second-order valence-electron chi connectivity index (χ2n) is 3.09. The summed E-state index contributed by atoms with van der Waals surface area (Å²) in [7, 11) is 0. The van der Waals surface area contributed by atoms with Crippen molar-refractivity contribution < 1.29 is 5.11 Å². The summed E-state index contributed by atoms with van der Waals surface area (Å²) in [6.45, 7) is 4.23. The van der Waals surface area contributed by atoms with Gasteiger partial charge in [0.05, 0.1) is 6.61 Å². The van der Waals surface area contributed by atoms with Crippen LogP contribution in [0.2, 0.25) is 0 Å².